The van der Waals surface area contributed by atoms with Crippen LogP contribution in [0.15, 0.2) is 0 Å². The summed E-state index contributed by atoms with van der Waals surface area (Å²) in [5.41, 5.74) is 0. The molecule has 1 nitrogen and oxygen atoms in total. The minimum absolute atomic E-state index is 0.463. The maximum atomic E-state index is 5.50. The molecule has 0 N–H and O–H groups in total. The van der Waals surface area contributed by atoms with Crippen molar-refractivity contribution < 1.29 is 4.18 Å². The molecular weight excluding hydrogens is 156 g/mol. The van der Waals surface area contributed by atoms with Crippen LogP contribution in [0.3, 0.4) is 0 Å². The van der Waals surface area contributed by atoms with Gasteiger partial charge < -0.3 is 4.18 Å². The summed E-state index contributed by atoms with van der Waals surface area (Å²) in [5.74, 6) is 0.830. The standard InChI is InChI=1S/C9H18OS/c1-8(10-11-2)9-6-4-3-5-7-9/h8-9H,3-7H2,1-2H3. The van der Waals surface area contributed by atoms with Gasteiger partial charge in [0.25, 0.3) is 0 Å². The van der Waals surface area contributed by atoms with E-state index in [1.54, 1.807) is 0 Å². The third kappa shape index (κ3) is 3.04. The predicted molar refractivity (Wildman–Crippen MR) is 50.6 cm³/mol. The molecule has 11 heavy (non-hydrogen) atoms. The van der Waals surface area contributed by atoms with Gasteiger partial charge in [-0.1, -0.05) is 19.3 Å². The van der Waals surface area contributed by atoms with Crippen molar-refractivity contribution in [3.8, 4) is 0 Å². The highest BCUT2D eigenvalue weighted by molar-refractivity contribution is 7.93. The zero-order chi connectivity index (χ0) is 8.10. The first-order valence-electron chi connectivity index (χ1n) is 4.54. The molecule has 0 radical (unpaired) electrons. The Morgan fingerprint density at radius 3 is 2.45 bits per heavy atom. The van der Waals surface area contributed by atoms with Crippen LogP contribution < -0.4 is 0 Å². The highest BCUT2D eigenvalue weighted by Crippen LogP contribution is 2.28. The summed E-state index contributed by atoms with van der Waals surface area (Å²) in [6, 6.07) is 0. The molecule has 0 bridgehead atoms. The van der Waals surface area contributed by atoms with E-state index in [0.29, 0.717) is 6.10 Å². The van der Waals surface area contributed by atoms with Crippen molar-refractivity contribution in [2.45, 2.75) is 45.1 Å². The summed E-state index contributed by atoms with van der Waals surface area (Å²) in [6.45, 7) is 2.20. The molecule has 0 amide bonds. The SMILES string of the molecule is CSOC(C)C1CCCCC1. The number of rotatable bonds is 3. The topological polar surface area (TPSA) is 9.23 Å². The largest absolute Gasteiger partial charge is 0.312 e. The highest BCUT2D eigenvalue weighted by atomic mass is 32.2. The molecule has 0 saturated heterocycles. The molecule has 1 atom stereocenters. The maximum absolute atomic E-state index is 5.50. The van der Waals surface area contributed by atoms with Gasteiger partial charge in [0, 0.05) is 6.26 Å². The van der Waals surface area contributed by atoms with Crippen LogP contribution in [0.4, 0.5) is 0 Å². The third-order valence-corrected chi connectivity index (χ3v) is 3.06. The summed E-state index contributed by atoms with van der Waals surface area (Å²) in [6.07, 6.45) is 9.47. The summed E-state index contributed by atoms with van der Waals surface area (Å²) < 4.78 is 5.50. The summed E-state index contributed by atoms with van der Waals surface area (Å²) >= 11 is 1.50. The lowest BCUT2D eigenvalue weighted by molar-refractivity contribution is 0.148. The molecule has 1 rings (SSSR count). The van der Waals surface area contributed by atoms with E-state index in [2.05, 4.69) is 6.92 Å². The van der Waals surface area contributed by atoms with Crippen LogP contribution in [0.25, 0.3) is 0 Å². The maximum Gasteiger partial charge on any atom is 0.0722 e. The Kier molecular flexibility index (Phi) is 4.31. The summed E-state index contributed by atoms with van der Waals surface area (Å²) in [4.78, 5) is 0. The smallest absolute Gasteiger partial charge is 0.0722 e. The second kappa shape index (κ2) is 5.04. The first kappa shape index (κ1) is 9.40. The molecule has 1 aliphatic carbocycles. The fourth-order valence-corrected chi connectivity index (χ4v) is 2.29. The van der Waals surface area contributed by atoms with Gasteiger partial charge in [-0.05, 0) is 37.7 Å². The van der Waals surface area contributed by atoms with Crippen molar-refractivity contribution in [3.63, 3.8) is 0 Å². The Morgan fingerprint density at radius 2 is 1.91 bits per heavy atom. The van der Waals surface area contributed by atoms with E-state index >= 15 is 0 Å². The Hall–Kier alpha value is 0.310. The Morgan fingerprint density at radius 1 is 1.27 bits per heavy atom. The fourth-order valence-electron chi connectivity index (χ4n) is 1.83. The Bertz CT molecular complexity index is 99.7. The zero-order valence-corrected chi connectivity index (χ0v) is 8.32. The molecule has 2 heteroatoms. The van der Waals surface area contributed by atoms with Gasteiger partial charge in [-0.25, -0.2) is 0 Å². The van der Waals surface area contributed by atoms with Crippen LogP contribution in [-0.4, -0.2) is 12.4 Å². The van der Waals surface area contributed by atoms with Gasteiger partial charge in [0.15, 0.2) is 0 Å². The molecule has 0 aliphatic heterocycles. The van der Waals surface area contributed by atoms with Crippen LogP contribution in [0, 0.1) is 5.92 Å². The van der Waals surface area contributed by atoms with Gasteiger partial charge in [-0.15, -0.1) is 0 Å². The molecule has 0 heterocycles. The average Bonchev–Trinajstić information content (AvgIpc) is 2.07. The molecule has 1 saturated carbocycles. The molecule has 1 aliphatic rings. The monoisotopic (exact) mass is 174 g/mol. The first-order valence-corrected chi connectivity index (χ1v) is 5.69. The minimum atomic E-state index is 0.463. The average molecular weight is 174 g/mol. The first-order chi connectivity index (χ1) is 5.34. The molecular formula is C9H18OS. The van der Waals surface area contributed by atoms with Gasteiger partial charge in [0.05, 0.1) is 6.10 Å². The second-order valence-electron chi connectivity index (χ2n) is 3.37. The van der Waals surface area contributed by atoms with Crippen LogP contribution in [0.1, 0.15) is 39.0 Å². The predicted octanol–water partition coefficient (Wildman–Crippen LogP) is 3.25. The lowest BCUT2D eigenvalue weighted by atomic mass is 9.86. The van der Waals surface area contributed by atoms with Crippen LogP contribution in [0.2, 0.25) is 0 Å². The van der Waals surface area contributed by atoms with Gasteiger partial charge in [0.1, 0.15) is 0 Å². The lowest BCUT2D eigenvalue weighted by Crippen LogP contribution is -2.20. The molecule has 0 aromatic rings. The van der Waals surface area contributed by atoms with E-state index < -0.39 is 0 Å². The minimum Gasteiger partial charge on any atom is -0.312 e. The molecule has 66 valence electrons. The lowest BCUT2D eigenvalue weighted by Gasteiger charge is -2.26. The van der Waals surface area contributed by atoms with Crippen molar-refractivity contribution in [2.24, 2.45) is 5.92 Å². The third-order valence-electron chi connectivity index (χ3n) is 2.56. The van der Waals surface area contributed by atoms with E-state index in [4.69, 9.17) is 4.18 Å². The van der Waals surface area contributed by atoms with E-state index in [0.717, 1.165) is 5.92 Å². The van der Waals surface area contributed by atoms with Gasteiger partial charge in [-0.2, -0.15) is 0 Å². The van der Waals surface area contributed by atoms with E-state index in [1.807, 2.05) is 6.26 Å². The fraction of sp³-hybridized carbons (Fsp3) is 1.00. The summed E-state index contributed by atoms with van der Waals surface area (Å²) in [7, 11) is 0. The van der Waals surface area contributed by atoms with Gasteiger partial charge in [0.2, 0.25) is 0 Å². The molecule has 1 fully saturated rings. The van der Waals surface area contributed by atoms with E-state index in [-0.39, 0.29) is 0 Å². The summed E-state index contributed by atoms with van der Waals surface area (Å²) in [5, 5.41) is 0. The highest BCUT2D eigenvalue weighted by Gasteiger charge is 2.20. The van der Waals surface area contributed by atoms with Gasteiger partial charge in [-0.3, -0.25) is 0 Å². The van der Waals surface area contributed by atoms with Crippen molar-refractivity contribution in [1.82, 2.24) is 0 Å². The van der Waals surface area contributed by atoms with Crippen molar-refractivity contribution in [3.05, 3.63) is 0 Å². The van der Waals surface area contributed by atoms with Crippen molar-refractivity contribution in [1.29, 1.82) is 0 Å². The van der Waals surface area contributed by atoms with Crippen molar-refractivity contribution in [2.75, 3.05) is 6.26 Å². The van der Waals surface area contributed by atoms with E-state index in [9.17, 15) is 0 Å². The quantitative estimate of drug-likeness (QED) is 0.607. The van der Waals surface area contributed by atoms with Gasteiger partial charge >= 0.3 is 0 Å². The second-order valence-corrected chi connectivity index (χ2v) is 3.89. The van der Waals surface area contributed by atoms with Crippen LogP contribution in [0.5, 0.6) is 0 Å². The molecule has 1 unspecified atom stereocenters. The van der Waals surface area contributed by atoms with E-state index in [1.165, 1.54) is 44.1 Å². The van der Waals surface area contributed by atoms with Crippen LogP contribution >= 0.6 is 12.0 Å². The van der Waals surface area contributed by atoms with Crippen LogP contribution in [-0.2, 0) is 4.18 Å². The number of hydrogen-bond donors (Lipinski definition) is 0. The zero-order valence-electron chi connectivity index (χ0n) is 7.51. The molecule has 0 aromatic carbocycles. The Balaban J connectivity index is 2.21. The van der Waals surface area contributed by atoms with Crippen molar-refractivity contribution >= 4 is 12.0 Å². The Labute approximate surface area is 74.1 Å². The molecule has 0 spiro atoms. The molecule has 0 aromatic heterocycles. The normalized spacial score (nSPS) is 23.5. The number of hydrogen-bond acceptors (Lipinski definition) is 2.